The number of piperazine rings is 1. The number of carbonyl (C=O) groups is 2. The van der Waals surface area contributed by atoms with E-state index in [2.05, 4.69) is 33.0 Å². The molecule has 0 spiro atoms. The van der Waals surface area contributed by atoms with Crippen LogP contribution in [-0.2, 0) is 20.7 Å². The predicted molar refractivity (Wildman–Crippen MR) is 132 cm³/mol. The number of rotatable bonds is 10. The minimum absolute atomic E-state index is 0.0238. The van der Waals surface area contributed by atoms with E-state index in [-0.39, 0.29) is 11.8 Å². The van der Waals surface area contributed by atoms with Gasteiger partial charge in [0.15, 0.2) is 0 Å². The molecule has 1 aliphatic heterocycles. The highest BCUT2D eigenvalue weighted by atomic mass is 16.5. The Kier molecular flexibility index (Phi) is 8.27. The van der Waals surface area contributed by atoms with Gasteiger partial charge in [0.05, 0.1) is 17.6 Å². The lowest BCUT2D eigenvalue weighted by atomic mass is 10.2. The Hall–Kier alpha value is -3.23. The third-order valence-electron chi connectivity index (χ3n) is 6.15. The molecule has 1 aromatic heterocycles. The molecular weight excluding hydrogens is 430 g/mol. The predicted octanol–water partition coefficient (Wildman–Crippen LogP) is 2.26. The number of aryl methyl sites for hydroxylation is 1. The van der Waals surface area contributed by atoms with Crippen LogP contribution in [0.5, 0.6) is 0 Å². The Labute approximate surface area is 200 Å². The normalized spacial score (nSPS) is 14.4. The van der Waals surface area contributed by atoms with E-state index >= 15 is 0 Å². The zero-order valence-electron chi connectivity index (χ0n) is 19.8. The van der Waals surface area contributed by atoms with Crippen LogP contribution < -0.4 is 5.32 Å². The second-order valence-electron chi connectivity index (χ2n) is 8.54. The number of hydrogen-bond acceptors (Lipinski definition) is 5. The molecule has 1 aliphatic rings. The molecule has 2 aromatic carbocycles. The number of methoxy groups -OCH3 is 1. The second kappa shape index (κ2) is 11.8. The number of nitrogens with one attached hydrogen (secondary N) is 1. The number of para-hydroxylation sites is 3. The summed E-state index contributed by atoms with van der Waals surface area (Å²) in [5.41, 5.74) is 3.03. The lowest BCUT2D eigenvalue weighted by Crippen LogP contribution is -2.51. The molecule has 0 unspecified atom stereocenters. The molecule has 8 nitrogen and oxygen atoms in total. The number of hydrogen-bond donors (Lipinski definition) is 1. The monoisotopic (exact) mass is 463 g/mol. The van der Waals surface area contributed by atoms with Gasteiger partial charge in [0.2, 0.25) is 11.8 Å². The second-order valence-corrected chi connectivity index (χ2v) is 8.54. The van der Waals surface area contributed by atoms with Crippen LogP contribution in [0.1, 0.15) is 18.7 Å². The van der Waals surface area contributed by atoms with Gasteiger partial charge in [0.1, 0.15) is 5.82 Å². The summed E-state index contributed by atoms with van der Waals surface area (Å²) in [6.07, 6.45) is 1.80. The fraction of sp³-hybridized carbons (Fsp3) is 0.423. The number of fused-ring (bicyclic) bond motifs is 1. The van der Waals surface area contributed by atoms with Gasteiger partial charge in [0, 0.05) is 65.0 Å². The van der Waals surface area contributed by atoms with Gasteiger partial charge in [0.25, 0.3) is 0 Å². The average molecular weight is 464 g/mol. The van der Waals surface area contributed by atoms with Crippen LogP contribution >= 0.6 is 0 Å². The molecule has 2 amide bonds. The smallest absolute Gasteiger partial charge is 0.234 e. The first-order chi connectivity index (χ1) is 16.7. The fourth-order valence-electron chi connectivity index (χ4n) is 4.34. The molecule has 0 radical (unpaired) electrons. The largest absolute Gasteiger partial charge is 0.385 e. The summed E-state index contributed by atoms with van der Waals surface area (Å²) in [4.78, 5) is 33.9. The van der Waals surface area contributed by atoms with Crippen LogP contribution in [-0.4, -0.2) is 84.2 Å². The van der Waals surface area contributed by atoms with Crippen LogP contribution in [0, 0.1) is 0 Å². The third kappa shape index (κ3) is 6.01. The van der Waals surface area contributed by atoms with E-state index in [9.17, 15) is 9.59 Å². The molecule has 180 valence electrons. The zero-order chi connectivity index (χ0) is 23.8. The highest BCUT2D eigenvalue weighted by molar-refractivity contribution is 5.80. The van der Waals surface area contributed by atoms with Crippen molar-refractivity contribution in [1.82, 2.24) is 24.7 Å². The highest BCUT2D eigenvalue weighted by Gasteiger charge is 2.23. The number of ether oxygens (including phenoxy) is 1. The van der Waals surface area contributed by atoms with Crippen LogP contribution in [0.15, 0.2) is 54.6 Å². The van der Waals surface area contributed by atoms with Crippen LogP contribution in [0.3, 0.4) is 0 Å². The van der Waals surface area contributed by atoms with E-state index < -0.39 is 0 Å². The molecule has 4 rings (SSSR count). The Morgan fingerprint density at radius 2 is 1.74 bits per heavy atom. The van der Waals surface area contributed by atoms with Gasteiger partial charge < -0.3 is 15.0 Å². The van der Waals surface area contributed by atoms with Gasteiger partial charge in [-0.1, -0.05) is 30.3 Å². The maximum absolute atomic E-state index is 12.9. The van der Waals surface area contributed by atoms with Gasteiger partial charge in [-0.25, -0.2) is 4.98 Å². The summed E-state index contributed by atoms with van der Waals surface area (Å²) < 4.78 is 7.14. The number of benzene rings is 2. The number of imidazole rings is 1. The summed E-state index contributed by atoms with van der Waals surface area (Å²) >= 11 is 0. The lowest BCUT2D eigenvalue weighted by Gasteiger charge is -2.34. The Morgan fingerprint density at radius 1 is 1.00 bits per heavy atom. The molecule has 34 heavy (non-hydrogen) atoms. The van der Waals surface area contributed by atoms with Crippen molar-refractivity contribution in [2.24, 2.45) is 0 Å². The third-order valence-corrected chi connectivity index (χ3v) is 6.15. The van der Waals surface area contributed by atoms with Gasteiger partial charge in [-0.05, 0) is 30.7 Å². The zero-order valence-corrected chi connectivity index (χ0v) is 19.8. The summed E-state index contributed by atoms with van der Waals surface area (Å²) in [5.74, 6) is 1.05. The number of amides is 2. The maximum Gasteiger partial charge on any atom is 0.234 e. The SMILES string of the molecule is COCCCNC(=O)CN1CCN(C(=O)CCc2nc3ccccc3n2-c2ccccc2)CC1. The summed E-state index contributed by atoms with van der Waals surface area (Å²) in [7, 11) is 1.65. The molecule has 0 atom stereocenters. The van der Waals surface area contributed by atoms with Gasteiger partial charge in [-0.2, -0.15) is 0 Å². The van der Waals surface area contributed by atoms with Crippen molar-refractivity contribution < 1.29 is 14.3 Å². The van der Waals surface area contributed by atoms with Gasteiger partial charge >= 0.3 is 0 Å². The molecular formula is C26H33N5O3. The molecule has 8 heteroatoms. The van der Waals surface area contributed by atoms with E-state index in [1.165, 1.54) is 0 Å². The molecule has 0 aliphatic carbocycles. The fourth-order valence-corrected chi connectivity index (χ4v) is 4.34. The molecule has 3 aromatic rings. The highest BCUT2D eigenvalue weighted by Crippen LogP contribution is 2.22. The molecule has 1 saturated heterocycles. The van der Waals surface area contributed by atoms with Crippen molar-refractivity contribution in [3.05, 3.63) is 60.4 Å². The molecule has 0 saturated carbocycles. The van der Waals surface area contributed by atoms with Crippen LogP contribution in [0.4, 0.5) is 0 Å². The van der Waals surface area contributed by atoms with Gasteiger partial charge in [-0.3, -0.25) is 19.1 Å². The molecule has 2 heterocycles. The Morgan fingerprint density at radius 3 is 2.50 bits per heavy atom. The van der Waals surface area contributed by atoms with Crippen LogP contribution in [0.25, 0.3) is 16.7 Å². The summed E-state index contributed by atoms with van der Waals surface area (Å²) in [5, 5.41) is 2.92. The first-order valence-corrected chi connectivity index (χ1v) is 11.9. The molecule has 1 fully saturated rings. The summed E-state index contributed by atoms with van der Waals surface area (Å²) in [6, 6.07) is 18.2. The Balaban J connectivity index is 1.30. The van der Waals surface area contributed by atoms with E-state index in [0.717, 1.165) is 29.0 Å². The first kappa shape index (κ1) is 23.9. The van der Waals surface area contributed by atoms with E-state index in [1.807, 2.05) is 41.3 Å². The van der Waals surface area contributed by atoms with Crippen LogP contribution in [0.2, 0.25) is 0 Å². The average Bonchev–Trinajstić information content (AvgIpc) is 3.24. The Bertz CT molecular complexity index is 1090. The van der Waals surface area contributed by atoms with E-state index in [0.29, 0.717) is 58.7 Å². The lowest BCUT2D eigenvalue weighted by molar-refractivity contribution is -0.133. The standard InChI is InChI=1S/C26H33N5O3/c1-34-19-7-14-27-25(32)20-29-15-17-30(18-16-29)26(33)13-12-24-28-22-10-5-6-11-23(22)31(24)21-8-3-2-4-9-21/h2-6,8-11H,7,12-20H2,1H3,(H,27,32). The molecule has 1 N–H and O–H groups in total. The van der Waals surface area contributed by atoms with E-state index in [1.54, 1.807) is 7.11 Å². The number of aromatic nitrogens is 2. The quantitative estimate of drug-likeness (QED) is 0.467. The van der Waals surface area contributed by atoms with Crippen molar-refractivity contribution in [3.63, 3.8) is 0 Å². The van der Waals surface area contributed by atoms with Crippen molar-refractivity contribution >= 4 is 22.8 Å². The van der Waals surface area contributed by atoms with Crippen molar-refractivity contribution in [2.75, 3.05) is 53.0 Å². The van der Waals surface area contributed by atoms with Crippen molar-refractivity contribution in [3.8, 4) is 5.69 Å². The van der Waals surface area contributed by atoms with Crippen molar-refractivity contribution in [2.45, 2.75) is 19.3 Å². The topological polar surface area (TPSA) is 79.7 Å². The minimum atomic E-state index is 0.0238. The number of nitrogens with zero attached hydrogens (tertiary/aromatic N) is 4. The maximum atomic E-state index is 12.9. The number of carbonyl (C=O) groups excluding carboxylic acids is 2. The van der Waals surface area contributed by atoms with Gasteiger partial charge in [-0.15, -0.1) is 0 Å². The summed E-state index contributed by atoms with van der Waals surface area (Å²) in [6.45, 7) is 4.34. The molecule has 0 bridgehead atoms. The van der Waals surface area contributed by atoms with Crippen molar-refractivity contribution in [1.29, 1.82) is 0 Å². The van der Waals surface area contributed by atoms with E-state index in [4.69, 9.17) is 9.72 Å². The minimum Gasteiger partial charge on any atom is -0.385 e. The first-order valence-electron chi connectivity index (χ1n) is 11.9.